The van der Waals surface area contributed by atoms with Crippen LogP contribution in [0, 0.1) is 11.3 Å². The number of nitrogens with zero attached hydrogens (tertiary/aromatic N) is 3. The van der Waals surface area contributed by atoms with E-state index in [1.165, 1.54) is 0 Å². The van der Waals surface area contributed by atoms with Crippen molar-refractivity contribution in [1.82, 2.24) is 9.78 Å². The zero-order chi connectivity index (χ0) is 17.6. The molecule has 2 aromatic carbocycles. The number of carbonyl (C=O) groups excluding carboxylic acids is 1. The molecule has 0 aliphatic heterocycles. The molecule has 0 bridgehead atoms. The highest BCUT2D eigenvalue weighted by Crippen LogP contribution is 2.28. The molecule has 0 saturated carbocycles. The maximum Gasteiger partial charge on any atom is 0.262 e. The first-order valence-corrected chi connectivity index (χ1v) is 7.77. The number of rotatable bonds is 5. The van der Waals surface area contributed by atoms with E-state index in [2.05, 4.69) is 10.4 Å². The Kier molecular flexibility index (Phi) is 4.97. The van der Waals surface area contributed by atoms with Crippen LogP contribution >= 0.6 is 11.6 Å². The SMILES string of the molecule is N#Cc1ccccc1OCC(=O)Nc1cccc(Cl)c1-n1cccn1. The average molecular weight is 353 g/mol. The average Bonchev–Trinajstić information content (AvgIpc) is 3.14. The van der Waals surface area contributed by atoms with E-state index in [0.29, 0.717) is 27.7 Å². The van der Waals surface area contributed by atoms with E-state index >= 15 is 0 Å². The summed E-state index contributed by atoms with van der Waals surface area (Å²) in [6, 6.07) is 15.7. The number of amides is 1. The summed E-state index contributed by atoms with van der Waals surface area (Å²) in [4.78, 5) is 12.2. The number of para-hydroxylation sites is 2. The third-order valence-corrected chi connectivity index (χ3v) is 3.67. The molecule has 25 heavy (non-hydrogen) atoms. The van der Waals surface area contributed by atoms with Gasteiger partial charge in [0.15, 0.2) is 6.61 Å². The van der Waals surface area contributed by atoms with Crippen LogP contribution in [0.2, 0.25) is 5.02 Å². The van der Waals surface area contributed by atoms with Crippen molar-refractivity contribution in [2.45, 2.75) is 0 Å². The van der Waals surface area contributed by atoms with Gasteiger partial charge >= 0.3 is 0 Å². The van der Waals surface area contributed by atoms with E-state index in [-0.39, 0.29) is 12.5 Å². The topological polar surface area (TPSA) is 79.9 Å². The van der Waals surface area contributed by atoms with Gasteiger partial charge in [-0.25, -0.2) is 4.68 Å². The summed E-state index contributed by atoms with van der Waals surface area (Å²) >= 11 is 6.24. The molecule has 3 aromatic rings. The summed E-state index contributed by atoms with van der Waals surface area (Å²) in [6.07, 6.45) is 3.35. The Morgan fingerprint density at radius 2 is 2.08 bits per heavy atom. The molecule has 0 aliphatic carbocycles. The highest BCUT2D eigenvalue weighted by atomic mass is 35.5. The van der Waals surface area contributed by atoms with Gasteiger partial charge in [0, 0.05) is 12.4 Å². The molecule has 0 aliphatic rings. The molecule has 124 valence electrons. The highest BCUT2D eigenvalue weighted by molar-refractivity contribution is 6.33. The summed E-state index contributed by atoms with van der Waals surface area (Å²) in [6.45, 7) is -0.232. The number of anilines is 1. The normalized spacial score (nSPS) is 10.1. The molecule has 0 spiro atoms. The van der Waals surface area contributed by atoms with E-state index in [0.717, 1.165) is 0 Å². The first-order valence-electron chi connectivity index (χ1n) is 7.39. The molecule has 0 fully saturated rings. The van der Waals surface area contributed by atoms with Crippen LogP contribution in [-0.2, 0) is 4.79 Å². The minimum Gasteiger partial charge on any atom is -0.482 e. The molecule has 1 aromatic heterocycles. The van der Waals surface area contributed by atoms with Crippen molar-refractivity contribution in [3.63, 3.8) is 0 Å². The van der Waals surface area contributed by atoms with Gasteiger partial charge in [0.25, 0.3) is 5.91 Å². The van der Waals surface area contributed by atoms with Gasteiger partial charge in [0.2, 0.25) is 0 Å². The Labute approximate surface area is 149 Å². The summed E-state index contributed by atoms with van der Waals surface area (Å²) < 4.78 is 7.01. The lowest BCUT2D eigenvalue weighted by atomic mass is 10.2. The molecular weight excluding hydrogens is 340 g/mol. The van der Waals surface area contributed by atoms with Crippen molar-refractivity contribution in [2.75, 3.05) is 11.9 Å². The molecule has 6 nitrogen and oxygen atoms in total. The predicted molar refractivity (Wildman–Crippen MR) is 93.9 cm³/mol. The number of aromatic nitrogens is 2. The minimum atomic E-state index is -0.372. The number of carbonyl (C=O) groups is 1. The highest BCUT2D eigenvalue weighted by Gasteiger charge is 2.13. The van der Waals surface area contributed by atoms with Crippen molar-refractivity contribution >= 4 is 23.2 Å². The molecule has 1 amide bonds. The van der Waals surface area contributed by atoms with Crippen molar-refractivity contribution < 1.29 is 9.53 Å². The second-order valence-electron chi connectivity index (χ2n) is 5.03. The second kappa shape index (κ2) is 7.51. The van der Waals surface area contributed by atoms with Gasteiger partial charge in [0.05, 0.1) is 16.3 Å². The molecule has 0 atom stereocenters. The Balaban J connectivity index is 1.74. The second-order valence-corrected chi connectivity index (χ2v) is 5.44. The van der Waals surface area contributed by atoms with E-state index in [9.17, 15) is 4.79 Å². The molecule has 1 N–H and O–H groups in total. The minimum absolute atomic E-state index is 0.232. The molecule has 0 unspecified atom stereocenters. The summed E-state index contributed by atoms with van der Waals surface area (Å²) in [5, 5.41) is 16.4. The van der Waals surface area contributed by atoms with Crippen molar-refractivity contribution in [3.05, 3.63) is 71.5 Å². The Morgan fingerprint density at radius 3 is 2.84 bits per heavy atom. The van der Waals surface area contributed by atoms with Crippen LogP contribution in [0.4, 0.5) is 5.69 Å². The van der Waals surface area contributed by atoms with Gasteiger partial charge < -0.3 is 10.1 Å². The van der Waals surface area contributed by atoms with Crippen LogP contribution in [0.5, 0.6) is 5.75 Å². The summed E-state index contributed by atoms with van der Waals surface area (Å²) in [7, 11) is 0. The maximum atomic E-state index is 12.2. The monoisotopic (exact) mass is 352 g/mol. The van der Waals surface area contributed by atoms with Crippen molar-refractivity contribution in [1.29, 1.82) is 5.26 Å². The lowest BCUT2D eigenvalue weighted by Gasteiger charge is -2.13. The number of ether oxygens (including phenoxy) is 1. The molecular formula is C18H13ClN4O2. The number of nitrogens with one attached hydrogen (secondary N) is 1. The smallest absolute Gasteiger partial charge is 0.262 e. The zero-order valence-electron chi connectivity index (χ0n) is 13.0. The predicted octanol–water partition coefficient (Wildman–Crippen LogP) is 3.41. The fourth-order valence-electron chi connectivity index (χ4n) is 2.26. The van der Waals surface area contributed by atoms with Crippen molar-refractivity contribution in [3.8, 4) is 17.5 Å². The van der Waals surface area contributed by atoms with Crippen LogP contribution in [-0.4, -0.2) is 22.3 Å². The fourth-order valence-corrected chi connectivity index (χ4v) is 2.53. The molecule has 3 rings (SSSR count). The summed E-state index contributed by atoms with van der Waals surface area (Å²) in [5.74, 6) is -0.0121. The third kappa shape index (κ3) is 3.79. The fraction of sp³-hybridized carbons (Fsp3) is 0.0556. The standard InChI is InChI=1S/C18H13ClN4O2/c19-14-6-3-7-15(18(14)23-10-4-9-21-23)22-17(24)12-25-16-8-2-1-5-13(16)11-20/h1-10H,12H2,(H,22,24). The molecule has 0 saturated heterocycles. The third-order valence-electron chi connectivity index (χ3n) is 3.36. The largest absolute Gasteiger partial charge is 0.482 e. The first kappa shape index (κ1) is 16.6. The van der Waals surface area contributed by atoms with E-state index < -0.39 is 0 Å². The van der Waals surface area contributed by atoms with Crippen LogP contribution in [0.15, 0.2) is 60.9 Å². The molecule has 1 heterocycles. The number of halogens is 1. The zero-order valence-corrected chi connectivity index (χ0v) is 13.8. The van der Waals surface area contributed by atoms with Gasteiger partial charge in [-0.2, -0.15) is 10.4 Å². The van der Waals surface area contributed by atoms with Gasteiger partial charge in [0.1, 0.15) is 17.5 Å². The Hall–Kier alpha value is -3.30. The van der Waals surface area contributed by atoms with Gasteiger partial charge in [-0.3, -0.25) is 4.79 Å². The van der Waals surface area contributed by atoms with E-state index in [1.807, 2.05) is 6.07 Å². The van der Waals surface area contributed by atoms with E-state index in [4.69, 9.17) is 21.6 Å². The van der Waals surface area contributed by atoms with Gasteiger partial charge in [-0.15, -0.1) is 0 Å². The number of hydrogen-bond acceptors (Lipinski definition) is 4. The van der Waals surface area contributed by atoms with Crippen molar-refractivity contribution in [2.24, 2.45) is 0 Å². The number of benzene rings is 2. The molecule has 7 heteroatoms. The first-order chi connectivity index (χ1) is 12.2. The maximum absolute atomic E-state index is 12.2. The van der Waals surface area contributed by atoms with Crippen LogP contribution < -0.4 is 10.1 Å². The van der Waals surface area contributed by atoms with Crippen LogP contribution in [0.25, 0.3) is 5.69 Å². The molecule has 0 radical (unpaired) electrons. The van der Waals surface area contributed by atoms with E-state index in [1.54, 1.807) is 65.6 Å². The number of hydrogen-bond donors (Lipinski definition) is 1. The van der Waals surface area contributed by atoms with Crippen LogP contribution in [0.3, 0.4) is 0 Å². The van der Waals surface area contributed by atoms with Crippen LogP contribution in [0.1, 0.15) is 5.56 Å². The Morgan fingerprint density at radius 1 is 1.24 bits per heavy atom. The van der Waals surface area contributed by atoms with Gasteiger partial charge in [-0.1, -0.05) is 29.8 Å². The lowest BCUT2D eigenvalue weighted by molar-refractivity contribution is -0.118. The number of nitriles is 1. The van der Waals surface area contributed by atoms with Gasteiger partial charge in [-0.05, 0) is 30.3 Å². The lowest BCUT2D eigenvalue weighted by Crippen LogP contribution is -2.21. The summed E-state index contributed by atoms with van der Waals surface area (Å²) in [5.41, 5.74) is 1.45. The quantitative estimate of drug-likeness (QED) is 0.763. The Bertz CT molecular complexity index is 932.